The van der Waals surface area contributed by atoms with E-state index in [4.69, 9.17) is 4.99 Å². The summed E-state index contributed by atoms with van der Waals surface area (Å²) in [5, 5.41) is 5.23. The Morgan fingerprint density at radius 1 is 0.972 bits per heavy atom. The molecule has 4 aromatic carbocycles. The minimum atomic E-state index is -0.370. The highest BCUT2D eigenvalue weighted by Crippen LogP contribution is 2.37. The molecule has 178 valence electrons. The lowest BCUT2D eigenvalue weighted by Crippen LogP contribution is -2.28. The second-order valence-electron chi connectivity index (χ2n) is 8.29. The first-order valence-corrected chi connectivity index (χ1v) is 12.2. The maximum absolute atomic E-state index is 14.5. The number of thioether (sulfide) groups is 1. The Bertz CT molecular complexity index is 1520. The maximum atomic E-state index is 14.5. The monoisotopic (exact) mass is 495 g/mol. The summed E-state index contributed by atoms with van der Waals surface area (Å²) < 4.78 is 14.5. The Labute approximate surface area is 212 Å². The third kappa shape index (κ3) is 5.06. The zero-order valence-electron chi connectivity index (χ0n) is 19.4. The lowest BCUT2D eigenvalue weighted by atomic mass is 10.1. The number of fused-ring (bicyclic) bond motifs is 1. The standard InChI is InChI=1S/C29H22FN3O2S/c1-19(34)31-23-15-13-20(14-16-23)17-27-28(35)33(18-22-8-3-5-11-25(22)30)29(36-27)32-26-12-6-9-21-7-2-4-10-24(21)26/h2-17H,18H2,1H3,(H,31,34). The van der Waals surface area contributed by atoms with E-state index in [2.05, 4.69) is 5.32 Å². The smallest absolute Gasteiger partial charge is 0.267 e. The van der Waals surface area contributed by atoms with Crippen LogP contribution in [0.15, 0.2) is 101 Å². The summed E-state index contributed by atoms with van der Waals surface area (Å²) in [6.07, 6.45) is 1.78. The molecule has 0 radical (unpaired) electrons. The van der Waals surface area contributed by atoms with Crippen LogP contribution in [0.4, 0.5) is 15.8 Å². The van der Waals surface area contributed by atoms with Gasteiger partial charge in [0, 0.05) is 23.6 Å². The Morgan fingerprint density at radius 3 is 2.47 bits per heavy atom. The van der Waals surface area contributed by atoms with E-state index in [-0.39, 0.29) is 24.2 Å². The number of nitrogens with zero attached hydrogens (tertiary/aromatic N) is 2. The summed E-state index contributed by atoms with van der Waals surface area (Å²) >= 11 is 1.26. The van der Waals surface area contributed by atoms with E-state index in [9.17, 15) is 14.0 Å². The molecule has 0 spiro atoms. The Hall–Kier alpha value is -4.23. The van der Waals surface area contributed by atoms with E-state index in [0.29, 0.717) is 21.3 Å². The quantitative estimate of drug-likeness (QED) is 0.312. The highest BCUT2D eigenvalue weighted by atomic mass is 32.2. The van der Waals surface area contributed by atoms with Gasteiger partial charge < -0.3 is 5.32 Å². The first-order chi connectivity index (χ1) is 17.5. The first kappa shape index (κ1) is 23.5. The van der Waals surface area contributed by atoms with Crippen molar-refractivity contribution in [2.24, 2.45) is 4.99 Å². The van der Waals surface area contributed by atoms with E-state index in [1.54, 1.807) is 36.4 Å². The largest absolute Gasteiger partial charge is 0.326 e. The van der Waals surface area contributed by atoms with Crippen LogP contribution < -0.4 is 5.32 Å². The van der Waals surface area contributed by atoms with Crippen molar-refractivity contribution in [3.05, 3.63) is 113 Å². The molecular formula is C29H22FN3O2S. The summed E-state index contributed by atoms with van der Waals surface area (Å²) in [4.78, 5) is 31.6. The fourth-order valence-electron chi connectivity index (χ4n) is 3.95. The number of nitrogens with one attached hydrogen (secondary N) is 1. The predicted molar refractivity (Wildman–Crippen MR) is 144 cm³/mol. The fourth-order valence-corrected chi connectivity index (χ4v) is 4.94. The molecule has 4 aromatic rings. The van der Waals surface area contributed by atoms with Crippen LogP contribution in [0.25, 0.3) is 16.8 Å². The number of carbonyl (C=O) groups excluding carboxylic acids is 2. The fraction of sp³-hybridized carbons (Fsp3) is 0.0690. The summed E-state index contributed by atoms with van der Waals surface area (Å²) in [5.74, 6) is -0.764. The molecule has 1 fully saturated rings. The highest BCUT2D eigenvalue weighted by Gasteiger charge is 2.34. The third-order valence-corrected chi connectivity index (χ3v) is 6.69. The molecule has 1 aliphatic rings. The van der Waals surface area contributed by atoms with Crippen LogP contribution >= 0.6 is 11.8 Å². The van der Waals surface area contributed by atoms with Crippen LogP contribution in [-0.4, -0.2) is 21.9 Å². The minimum Gasteiger partial charge on any atom is -0.326 e. The van der Waals surface area contributed by atoms with Gasteiger partial charge >= 0.3 is 0 Å². The zero-order valence-corrected chi connectivity index (χ0v) is 20.3. The normalized spacial score (nSPS) is 15.7. The van der Waals surface area contributed by atoms with E-state index < -0.39 is 0 Å². The van der Waals surface area contributed by atoms with Gasteiger partial charge in [0.25, 0.3) is 5.91 Å². The zero-order chi connectivity index (χ0) is 25.1. The van der Waals surface area contributed by atoms with Crippen LogP contribution in [0, 0.1) is 5.82 Å². The molecule has 36 heavy (non-hydrogen) atoms. The van der Waals surface area contributed by atoms with Gasteiger partial charge in [-0.3, -0.25) is 14.5 Å². The van der Waals surface area contributed by atoms with Crippen LogP contribution in [0.5, 0.6) is 0 Å². The topological polar surface area (TPSA) is 61.8 Å². The highest BCUT2D eigenvalue weighted by molar-refractivity contribution is 8.18. The van der Waals surface area contributed by atoms with E-state index in [1.165, 1.54) is 29.7 Å². The van der Waals surface area contributed by atoms with Gasteiger partial charge in [-0.15, -0.1) is 0 Å². The van der Waals surface area contributed by atoms with Crippen molar-refractivity contribution in [1.82, 2.24) is 4.90 Å². The molecule has 2 amide bonds. The second-order valence-corrected chi connectivity index (χ2v) is 9.30. The van der Waals surface area contributed by atoms with Crippen molar-refractivity contribution in [2.75, 3.05) is 5.32 Å². The van der Waals surface area contributed by atoms with Crippen LogP contribution in [-0.2, 0) is 16.1 Å². The number of amides is 2. The minimum absolute atomic E-state index is 0.0704. The van der Waals surface area contributed by atoms with Crippen LogP contribution in [0.3, 0.4) is 0 Å². The van der Waals surface area contributed by atoms with Gasteiger partial charge in [-0.2, -0.15) is 0 Å². The molecule has 1 aliphatic heterocycles. The Morgan fingerprint density at radius 2 is 1.69 bits per heavy atom. The van der Waals surface area contributed by atoms with Gasteiger partial charge in [-0.1, -0.05) is 66.7 Å². The third-order valence-electron chi connectivity index (χ3n) is 5.69. The maximum Gasteiger partial charge on any atom is 0.267 e. The molecule has 5 nitrogen and oxygen atoms in total. The van der Waals surface area contributed by atoms with E-state index >= 15 is 0 Å². The molecule has 1 N–H and O–H groups in total. The van der Waals surface area contributed by atoms with Gasteiger partial charge in [0.2, 0.25) is 5.91 Å². The first-order valence-electron chi connectivity index (χ1n) is 11.4. The number of rotatable bonds is 5. The number of aliphatic imine (C=N–C) groups is 1. The summed E-state index contributed by atoms with van der Waals surface area (Å²) in [5.41, 5.74) is 2.63. The van der Waals surface area contributed by atoms with Crippen molar-refractivity contribution in [3.63, 3.8) is 0 Å². The van der Waals surface area contributed by atoms with Crippen LogP contribution in [0.2, 0.25) is 0 Å². The number of halogens is 1. The molecule has 0 aliphatic carbocycles. The molecule has 5 rings (SSSR count). The number of anilines is 1. The number of hydrogen-bond acceptors (Lipinski definition) is 4. The Kier molecular flexibility index (Phi) is 6.64. The van der Waals surface area contributed by atoms with Gasteiger partial charge in [0.1, 0.15) is 5.82 Å². The van der Waals surface area contributed by atoms with Gasteiger partial charge in [0.05, 0.1) is 17.1 Å². The molecule has 0 unspecified atom stereocenters. The molecule has 0 saturated carbocycles. The lowest BCUT2D eigenvalue weighted by molar-refractivity contribution is -0.122. The van der Waals surface area contributed by atoms with Crippen molar-refractivity contribution >= 4 is 57.0 Å². The molecule has 0 aromatic heterocycles. The Balaban J connectivity index is 1.53. The summed E-state index contributed by atoms with van der Waals surface area (Å²) in [6.45, 7) is 1.52. The van der Waals surface area contributed by atoms with Gasteiger partial charge in [0.15, 0.2) is 5.17 Å². The molecule has 0 bridgehead atoms. The SMILES string of the molecule is CC(=O)Nc1ccc(C=C2SC(=Nc3cccc4ccccc34)N(Cc3ccccc3F)C2=O)cc1. The molecular weight excluding hydrogens is 473 g/mol. The van der Waals surface area contributed by atoms with Crippen molar-refractivity contribution in [1.29, 1.82) is 0 Å². The van der Waals surface area contributed by atoms with Crippen molar-refractivity contribution in [2.45, 2.75) is 13.5 Å². The molecule has 1 heterocycles. The molecule has 7 heteroatoms. The van der Waals surface area contributed by atoms with E-state index in [1.807, 2.05) is 54.6 Å². The number of carbonyl (C=O) groups is 2. The predicted octanol–water partition coefficient (Wildman–Crippen LogP) is 6.74. The number of amidine groups is 1. The molecule has 1 saturated heterocycles. The second kappa shape index (κ2) is 10.2. The summed E-state index contributed by atoms with van der Waals surface area (Å²) in [6, 6.07) is 27.4. The number of hydrogen-bond donors (Lipinski definition) is 1. The summed E-state index contributed by atoms with van der Waals surface area (Å²) in [7, 11) is 0. The average molecular weight is 496 g/mol. The number of benzene rings is 4. The molecule has 0 atom stereocenters. The van der Waals surface area contributed by atoms with Gasteiger partial charge in [-0.25, -0.2) is 9.38 Å². The van der Waals surface area contributed by atoms with Crippen LogP contribution in [0.1, 0.15) is 18.1 Å². The van der Waals surface area contributed by atoms with E-state index in [0.717, 1.165) is 22.0 Å². The average Bonchev–Trinajstić information content (AvgIpc) is 3.15. The van der Waals surface area contributed by atoms with Crippen molar-refractivity contribution < 1.29 is 14.0 Å². The van der Waals surface area contributed by atoms with Crippen molar-refractivity contribution in [3.8, 4) is 0 Å². The lowest BCUT2D eigenvalue weighted by Gasteiger charge is -2.16. The van der Waals surface area contributed by atoms with Gasteiger partial charge in [-0.05, 0) is 53.1 Å².